The van der Waals surface area contributed by atoms with Crippen LogP contribution in [0.3, 0.4) is 0 Å². The van der Waals surface area contributed by atoms with Gasteiger partial charge < -0.3 is 9.64 Å². The molecule has 2 fully saturated rings. The first-order chi connectivity index (χ1) is 6.36. The van der Waals surface area contributed by atoms with Crippen molar-refractivity contribution in [1.82, 2.24) is 9.80 Å². The average molecular weight is 184 g/mol. The SMILES string of the molecule is O=C(CN1CCC1)N1CCOCC1. The molecule has 2 aliphatic heterocycles. The first kappa shape index (κ1) is 8.97. The van der Waals surface area contributed by atoms with E-state index in [2.05, 4.69) is 4.90 Å². The molecule has 0 atom stereocenters. The topological polar surface area (TPSA) is 32.8 Å². The molecule has 0 aliphatic carbocycles. The molecular formula is C9H16N2O2. The number of likely N-dealkylation sites (tertiary alicyclic amines) is 1. The Morgan fingerprint density at radius 2 is 1.85 bits per heavy atom. The molecule has 0 aromatic rings. The Morgan fingerprint density at radius 1 is 1.15 bits per heavy atom. The van der Waals surface area contributed by atoms with Gasteiger partial charge in [0.2, 0.25) is 5.91 Å². The van der Waals surface area contributed by atoms with E-state index in [1.807, 2.05) is 4.90 Å². The van der Waals surface area contributed by atoms with E-state index >= 15 is 0 Å². The molecule has 13 heavy (non-hydrogen) atoms. The van der Waals surface area contributed by atoms with Crippen molar-refractivity contribution < 1.29 is 9.53 Å². The summed E-state index contributed by atoms with van der Waals surface area (Å²) in [5.74, 6) is 0.267. The summed E-state index contributed by atoms with van der Waals surface area (Å²) in [5, 5.41) is 0. The Hall–Kier alpha value is -0.610. The van der Waals surface area contributed by atoms with Crippen molar-refractivity contribution in [1.29, 1.82) is 0 Å². The summed E-state index contributed by atoms with van der Waals surface area (Å²) < 4.78 is 5.19. The minimum Gasteiger partial charge on any atom is -0.378 e. The quantitative estimate of drug-likeness (QED) is 0.583. The fourth-order valence-electron chi connectivity index (χ4n) is 1.64. The van der Waals surface area contributed by atoms with Gasteiger partial charge in [0.05, 0.1) is 19.8 Å². The molecule has 2 heterocycles. The molecule has 74 valence electrons. The van der Waals surface area contributed by atoms with Gasteiger partial charge in [-0.15, -0.1) is 0 Å². The van der Waals surface area contributed by atoms with Crippen molar-refractivity contribution in [3.05, 3.63) is 0 Å². The first-order valence-corrected chi connectivity index (χ1v) is 4.94. The zero-order valence-electron chi connectivity index (χ0n) is 7.87. The van der Waals surface area contributed by atoms with Gasteiger partial charge in [-0.3, -0.25) is 9.69 Å². The molecule has 0 unspecified atom stereocenters. The normalized spacial score (nSPS) is 24.2. The fourth-order valence-corrected chi connectivity index (χ4v) is 1.64. The molecule has 4 nitrogen and oxygen atoms in total. The van der Waals surface area contributed by atoms with E-state index in [4.69, 9.17) is 4.74 Å². The summed E-state index contributed by atoms with van der Waals surface area (Å²) in [4.78, 5) is 15.7. The van der Waals surface area contributed by atoms with Crippen molar-refractivity contribution in [2.45, 2.75) is 6.42 Å². The predicted octanol–water partition coefficient (Wildman–Crippen LogP) is -0.449. The van der Waals surface area contributed by atoms with Crippen LogP contribution >= 0.6 is 0 Å². The lowest BCUT2D eigenvalue weighted by Crippen LogP contribution is -2.48. The van der Waals surface area contributed by atoms with E-state index in [-0.39, 0.29) is 5.91 Å². The number of carbonyl (C=O) groups excluding carboxylic acids is 1. The molecule has 2 saturated heterocycles. The number of nitrogens with zero attached hydrogens (tertiary/aromatic N) is 2. The summed E-state index contributed by atoms with van der Waals surface area (Å²) in [6.07, 6.45) is 1.25. The van der Waals surface area contributed by atoms with Gasteiger partial charge in [0, 0.05) is 13.1 Å². The number of rotatable bonds is 2. The summed E-state index contributed by atoms with van der Waals surface area (Å²) >= 11 is 0. The third kappa shape index (κ3) is 2.19. The number of amides is 1. The van der Waals surface area contributed by atoms with Gasteiger partial charge in [-0.25, -0.2) is 0 Å². The summed E-state index contributed by atoms with van der Waals surface area (Å²) in [6, 6.07) is 0. The summed E-state index contributed by atoms with van der Waals surface area (Å²) in [6.45, 7) is 5.74. The maximum absolute atomic E-state index is 11.6. The summed E-state index contributed by atoms with van der Waals surface area (Å²) in [7, 11) is 0. The molecule has 1 amide bonds. The first-order valence-electron chi connectivity index (χ1n) is 4.94. The Bertz CT molecular complexity index is 186. The van der Waals surface area contributed by atoms with Crippen LogP contribution in [-0.2, 0) is 9.53 Å². The highest BCUT2D eigenvalue weighted by atomic mass is 16.5. The molecule has 0 bridgehead atoms. The van der Waals surface area contributed by atoms with E-state index in [9.17, 15) is 4.79 Å². The van der Waals surface area contributed by atoms with Gasteiger partial charge in [-0.2, -0.15) is 0 Å². The molecule has 0 radical (unpaired) electrons. The van der Waals surface area contributed by atoms with Crippen LogP contribution in [0.25, 0.3) is 0 Å². The van der Waals surface area contributed by atoms with Gasteiger partial charge in [0.15, 0.2) is 0 Å². The van der Waals surface area contributed by atoms with E-state index in [0.717, 1.165) is 26.2 Å². The smallest absolute Gasteiger partial charge is 0.236 e. The maximum Gasteiger partial charge on any atom is 0.236 e. The zero-order chi connectivity index (χ0) is 9.10. The number of morpholine rings is 1. The van der Waals surface area contributed by atoms with Crippen LogP contribution in [0.2, 0.25) is 0 Å². The van der Waals surface area contributed by atoms with Crippen LogP contribution in [0, 0.1) is 0 Å². The number of hydrogen-bond donors (Lipinski definition) is 0. The average Bonchev–Trinajstić information content (AvgIpc) is 2.12. The standard InChI is InChI=1S/C9H16N2O2/c12-9(8-10-2-1-3-10)11-4-6-13-7-5-11/h1-8H2. The van der Waals surface area contributed by atoms with Crippen molar-refractivity contribution in [3.8, 4) is 0 Å². The molecule has 0 spiro atoms. The molecular weight excluding hydrogens is 168 g/mol. The van der Waals surface area contributed by atoms with Crippen LogP contribution < -0.4 is 0 Å². The van der Waals surface area contributed by atoms with Crippen molar-refractivity contribution in [3.63, 3.8) is 0 Å². The molecule has 2 aliphatic rings. The second-order valence-electron chi connectivity index (χ2n) is 3.62. The number of ether oxygens (including phenoxy) is 1. The van der Waals surface area contributed by atoms with E-state index < -0.39 is 0 Å². The van der Waals surface area contributed by atoms with Crippen LogP contribution in [0.5, 0.6) is 0 Å². The minimum atomic E-state index is 0.267. The molecule has 0 aromatic carbocycles. The van der Waals surface area contributed by atoms with Crippen LogP contribution in [0.15, 0.2) is 0 Å². The monoisotopic (exact) mass is 184 g/mol. The molecule has 2 rings (SSSR count). The van der Waals surface area contributed by atoms with Crippen LogP contribution in [0.1, 0.15) is 6.42 Å². The zero-order valence-corrected chi connectivity index (χ0v) is 7.87. The van der Waals surface area contributed by atoms with Crippen molar-refractivity contribution in [2.75, 3.05) is 45.9 Å². The Morgan fingerprint density at radius 3 is 2.38 bits per heavy atom. The molecule has 0 N–H and O–H groups in total. The lowest BCUT2D eigenvalue weighted by Gasteiger charge is -2.33. The van der Waals surface area contributed by atoms with Gasteiger partial charge >= 0.3 is 0 Å². The van der Waals surface area contributed by atoms with Crippen molar-refractivity contribution >= 4 is 5.91 Å². The predicted molar refractivity (Wildman–Crippen MR) is 48.5 cm³/mol. The number of hydrogen-bond acceptors (Lipinski definition) is 3. The number of carbonyl (C=O) groups is 1. The van der Waals surface area contributed by atoms with Crippen LogP contribution in [-0.4, -0.2) is 61.6 Å². The van der Waals surface area contributed by atoms with Gasteiger partial charge in [-0.05, 0) is 19.5 Å². The van der Waals surface area contributed by atoms with E-state index in [0.29, 0.717) is 19.8 Å². The maximum atomic E-state index is 11.6. The second kappa shape index (κ2) is 4.07. The van der Waals surface area contributed by atoms with Gasteiger partial charge in [-0.1, -0.05) is 0 Å². The van der Waals surface area contributed by atoms with E-state index in [1.54, 1.807) is 0 Å². The van der Waals surface area contributed by atoms with Crippen LogP contribution in [0.4, 0.5) is 0 Å². The molecule has 0 aromatic heterocycles. The highest BCUT2D eigenvalue weighted by Crippen LogP contribution is 2.06. The Kier molecular flexibility index (Phi) is 2.80. The van der Waals surface area contributed by atoms with Crippen molar-refractivity contribution in [2.24, 2.45) is 0 Å². The second-order valence-corrected chi connectivity index (χ2v) is 3.62. The molecule has 4 heteroatoms. The summed E-state index contributed by atoms with van der Waals surface area (Å²) in [5.41, 5.74) is 0. The fraction of sp³-hybridized carbons (Fsp3) is 0.889. The van der Waals surface area contributed by atoms with Gasteiger partial charge in [0.1, 0.15) is 0 Å². The highest BCUT2D eigenvalue weighted by molar-refractivity contribution is 5.78. The third-order valence-corrected chi connectivity index (χ3v) is 2.67. The Balaban J connectivity index is 1.74. The largest absolute Gasteiger partial charge is 0.378 e. The van der Waals surface area contributed by atoms with Gasteiger partial charge in [0.25, 0.3) is 0 Å². The van der Waals surface area contributed by atoms with E-state index in [1.165, 1.54) is 6.42 Å². The third-order valence-electron chi connectivity index (χ3n) is 2.67. The molecule has 0 saturated carbocycles. The lowest BCUT2D eigenvalue weighted by molar-refractivity contribution is -0.137. The Labute approximate surface area is 78.4 Å². The highest BCUT2D eigenvalue weighted by Gasteiger charge is 2.22. The minimum absolute atomic E-state index is 0.267. The lowest BCUT2D eigenvalue weighted by atomic mass is 10.2.